The predicted octanol–water partition coefficient (Wildman–Crippen LogP) is 6.85. The molecule has 1 aliphatic carbocycles. The van der Waals surface area contributed by atoms with E-state index >= 15 is 4.39 Å². The first kappa shape index (κ1) is 21.1. The molecule has 2 aromatic carbocycles. The molecule has 1 saturated carbocycles. The standard InChI is InChI=1S/C23H22F4O2/c1-2-3-4-13-5-7-14(8-6-13)16-9-10-17(23(28)29)21(26)20(16)15-11-18(24)22(27)19(25)12-15/h2-3,9-14H,4-8H2,1H3,(H,28,29)/b3-2+. The Labute approximate surface area is 166 Å². The minimum atomic E-state index is -1.64. The van der Waals surface area contributed by atoms with Gasteiger partial charge in [-0.3, -0.25) is 0 Å². The average Bonchev–Trinajstić information content (AvgIpc) is 2.70. The van der Waals surface area contributed by atoms with Crippen molar-refractivity contribution in [2.24, 2.45) is 5.92 Å². The van der Waals surface area contributed by atoms with Gasteiger partial charge in [0.1, 0.15) is 5.82 Å². The summed E-state index contributed by atoms with van der Waals surface area (Å²) in [7, 11) is 0. The SMILES string of the molecule is C/C=C/CC1CCC(c2ccc(C(=O)O)c(F)c2-c2cc(F)c(F)c(F)c2)CC1. The molecule has 1 aliphatic rings. The molecule has 6 heteroatoms. The largest absolute Gasteiger partial charge is 0.478 e. The topological polar surface area (TPSA) is 37.3 Å². The zero-order valence-corrected chi connectivity index (χ0v) is 16.0. The molecular weight excluding hydrogens is 384 g/mol. The van der Waals surface area contributed by atoms with Crippen LogP contribution >= 0.6 is 0 Å². The molecule has 2 aromatic rings. The summed E-state index contributed by atoms with van der Waals surface area (Å²) in [6.45, 7) is 1.96. The summed E-state index contributed by atoms with van der Waals surface area (Å²) in [5.41, 5.74) is -0.453. The number of halogens is 4. The highest BCUT2D eigenvalue weighted by Crippen LogP contribution is 2.42. The van der Waals surface area contributed by atoms with Crippen molar-refractivity contribution >= 4 is 5.97 Å². The Morgan fingerprint density at radius 3 is 2.21 bits per heavy atom. The third kappa shape index (κ3) is 4.36. The van der Waals surface area contributed by atoms with Crippen LogP contribution < -0.4 is 0 Å². The molecule has 0 spiro atoms. The van der Waals surface area contributed by atoms with E-state index in [9.17, 15) is 23.1 Å². The molecule has 0 saturated heterocycles. The molecule has 0 heterocycles. The highest BCUT2D eigenvalue weighted by Gasteiger charge is 2.28. The Kier molecular flexibility index (Phi) is 6.40. The van der Waals surface area contributed by atoms with Crippen LogP contribution in [0.4, 0.5) is 17.6 Å². The second kappa shape index (κ2) is 8.80. The molecule has 0 atom stereocenters. The van der Waals surface area contributed by atoms with Crippen LogP contribution in [0.15, 0.2) is 36.4 Å². The zero-order valence-electron chi connectivity index (χ0n) is 16.0. The maximum Gasteiger partial charge on any atom is 0.338 e. The summed E-state index contributed by atoms with van der Waals surface area (Å²) in [6, 6.07) is 4.11. The number of carboxylic acid groups (broad SMARTS) is 1. The van der Waals surface area contributed by atoms with E-state index in [-0.39, 0.29) is 17.0 Å². The molecule has 0 amide bonds. The van der Waals surface area contributed by atoms with Crippen molar-refractivity contribution in [2.45, 2.75) is 44.9 Å². The lowest BCUT2D eigenvalue weighted by Crippen LogP contribution is -2.15. The molecule has 0 aliphatic heterocycles. The molecule has 154 valence electrons. The van der Waals surface area contributed by atoms with Crippen LogP contribution in [-0.4, -0.2) is 11.1 Å². The van der Waals surface area contributed by atoms with Crippen LogP contribution in [0, 0.1) is 29.2 Å². The van der Waals surface area contributed by atoms with Gasteiger partial charge in [-0.15, -0.1) is 0 Å². The molecule has 1 N–H and O–H groups in total. The minimum absolute atomic E-state index is 0.0691. The quantitative estimate of drug-likeness (QED) is 0.335. The van der Waals surface area contributed by atoms with Crippen molar-refractivity contribution in [1.82, 2.24) is 0 Å². The van der Waals surface area contributed by atoms with Crippen molar-refractivity contribution in [2.75, 3.05) is 0 Å². The maximum atomic E-state index is 15.1. The van der Waals surface area contributed by atoms with Gasteiger partial charge in [-0.05, 0) is 80.2 Å². The lowest BCUT2D eigenvalue weighted by Gasteiger charge is -2.30. The van der Waals surface area contributed by atoms with Crippen molar-refractivity contribution in [3.8, 4) is 11.1 Å². The second-order valence-corrected chi connectivity index (χ2v) is 7.47. The molecule has 0 radical (unpaired) electrons. The fourth-order valence-electron chi connectivity index (χ4n) is 4.13. The van der Waals surface area contributed by atoms with Gasteiger partial charge in [0.05, 0.1) is 5.56 Å². The number of carbonyl (C=O) groups is 1. The van der Waals surface area contributed by atoms with Gasteiger partial charge >= 0.3 is 5.97 Å². The highest BCUT2D eigenvalue weighted by molar-refractivity contribution is 5.90. The van der Waals surface area contributed by atoms with Crippen molar-refractivity contribution in [3.63, 3.8) is 0 Å². The number of aromatic carboxylic acids is 1. The third-order valence-corrected chi connectivity index (χ3v) is 5.67. The van der Waals surface area contributed by atoms with Crippen molar-refractivity contribution in [3.05, 3.63) is 70.8 Å². The number of benzene rings is 2. The zero-order chi connectivity index (χ0) is 21.1. The van der Waals surface area contributed by atoms with Gasteiger partial charge in [0.25, 0.3) is 0 Å². The minimum Gasteiger partial charge on any atom is -0.478 e. The second-order valence-electron chi connectivity index (χ2n) is 7.47. The van der Waals surface area contributed by atoms with Gasteiger partial charge in [-0.2, -0.15) is 0 Å². The van der Waals surface area contributed by atoms with Crippen LogP contribution in [0.25, 0.3) is 11.1 Å². The monoisotopic (exact) mass is 406 g/mol. The molecule has 2 nitrogen and oxygen atoms in total. The van der Waals surface area contributed by atoms with Crippen LogP contribution in [0.1, 0.15) is 60.9 Å². The van der Waals surface area contributed by atoms with Gasteiger partial charge in [0.2, 0.25) is 0 Å². The van der Waals surface area contributed by atoms with Crippen LogP contribution in [0.2, 0.25) is 0 Å². The van der Waals surface area contributed by atoms with E-state index in [0.717, 1.165) is 32.1 Å². The summed E-state index contributed by atoms with van der Waals surface area (Å²) in [6.07, 6.45) is 8.44. The lowest BCUT2D eigenvalue weighted by molar-refractivity contribution is 0.0692. The van der Waals surface area contributed by atoms with Gasteiger partial charge in [0.15, 0.2) is 17.5 Å². The Morgan fingerprint density at radius 1 is 1.03 bits per heavy atom. The van der Waals surface area contributed by atoms with E-state index in [1.165, 1.54) is 12.1 Å². The first-order chi connectivity index (χ1) is 13.8. The van der Waals surface area contributed by atoms with E-state index in [1.54, 1.807) is 0 Å². The first-order valence-electron chi connectivity index (χ1n) is 9.65. The highest BCUT2D eigenvalue weighted by atomic mass is 19.2. The van der Waals surface area contributed by atoms with Crippen molar-refractivity contribution < 1.29 is 27.5 Å². The summed E-state index contributed by atoms with van der Waals surface area (Å²) < 4.78 is 56.1. The van der Waals surface area contributed by atoms with E-state index < -0.39 is 34.8 Å². The molecule has 0 bridgehead atoms. The van der Waals surface area contributed by atoms with E-state index in [0.29, 0.717) is 23.6 Å². The summed E-state index contributed by atoms with van der Waals surface area (Å²) in [4.78, 5) is 11.4. The Hall–Kier alpha value is -2.63. The molecule has 1 fully saturated rings. The Bertz CT molecular complexity index is 921. The normalized spacial score (nSPS) is 19.6. The average molecular weight is 406 g/mol. The Balaban J connectivity index is 2.05. The predicted molar refractivity (Wildman–Crippen MR) is 103 cm³/mol. The van der Waals surface area contributed by atoms with Gasteiger partial charge < -0.3 is 5.11 Å². The first-order valence-corrected chi connectivity index (χ1v) is 9.65. The van der Waals surface area contributed by atoms with E-state index in [1.807, 2.05) is 13.0 Å². The maximum absolute atomic E-state index is 15.1. The molecule has 0 unspecified atom stereocenters. The summed E-state index contributed by atoms with van der Waals surface area (Å²) in [5.74, 6) is -6.61. The van der Waals surface area contributed by atoms with E-state index in [2.05, 4.69) is 6.08 Å². The van der Waals surface area contributed by atoms with E-state index in [4.69, 9.17) is 0 Å². The number of carboxylic acids is 1. The number of rotatable bonds is 5. The van der Waals surface area contributed by atoms with Crippen LogP contribution in [0.3, 0.4) is 0 Å². The molecule has 29 heavy (non-hydrogen) atoms. The van der Waals surface area contributed by atoms with Gasteiger partial charge in [-0.1, -0.05) is 18.2 Å². The molecule has 0 aromatic heterocycles. The van der Waals surface area contributed by atoms with Crippen LogP contribution in [0.5, 0.6) is 0 Å². The van der Waals surface area contributed by atoms with Crippen molar-refractivity contribution in [1.29, 1.82) is 0 Å². The Morgan fingerprint density at radius 2 is 1.66 bits per heavy atom. The lowest BCUT2D eigenvalue weighted by atomic mass is 9.75. The fourth-order valence-corrected chi connectivity index (χ4v) is 4.13. The summed E-state index contributed by atoms with van der Waals surface area (Å²) in [5, 5.41) is 9.25. The summed E-state index contributed by atoms with van der Waals surface area (Å²) >= 11 is 0. The number of allylic oxidation sites excluding steroid dienone is 2. The smallest absolute Gasteiger partial charge is 0.338 e. The number of hydrogen-bond acceptors (Lipinski definition) is 1. The van der Waals surface area contributed by atoms with Crippen LogP contribution in [-0.2, 0) is 0 Å². The van der Waals surface area contributed by atoms with Gasteiger partial charge in [-0.25, -0.2) is 22.4 Å². The van der Waals surface area contributed by atoms with Gasteiger partial charge in [0, 0.05) is 5.56 Å². The molecular formula is C23H22F4O2. The third-order valence-electron chi connectivity index (χ3n) is 5.67. The molecule has 3 rings (SSSR count). The fraction of sp³-hybridized carbons (Fsp3) is 0.348. The number of hydrogen-bond donors (Lipinski definition) is 1.